The molecule has 12 heavy (non-hydrogen) atoms. The van der Waals surface area contributed by atoms with E-state index in [-0.39, 0.29) is 17.9 Å². The van der Waals surface area contributed by atoms with Crippen molar-refractivity contribution in [2.75, 3.05) is 0 Å². The van der Waals surface area contributed by atoms with E-state index in [4.69, 9.17) is 4.74 Å². The number of carbonyl (C=O) groups is 2. The van der Waals surface area contributed by atoms with E-state index in [1.165, 1.54) is 13.0 Å². The SMILES string of the molecule is CC(=O)CCC1OC(=O)C=C1C. The molecule has 1 heterocycles. The molecular weight excluding hydrogens is 156 g/mol. The van der Waals surface area contributed by atoms with Gasteiger partial charge in [-0.25, -0.2) is 4.79 Å². The Bertz CT molecular complexity index is 240. The predicted octanol–water partition coefficient (Wildman–Crippen LogP) is 1.23. The maximum absolute atomic E-state index is 10.7. The van der Waals surface area contributed by atoms with Crippen molar-refractivity contribution < 1.29 is 14.3 Å². The van der Waals surface area contributed by atoms with E-state index in [9.17, 15) is 9.59 Å². The van der Waals surface area contributed by atoms with Gasteiger partial charge in [-0.2, -0.15) is 0 Å². The summed E-state index contributed by atoms with van der Waals surface area (Å²) < 4.78 is 4.94. The van der Waals surface area contributed by atoms with E-state index in [1.807, 2.05) is 6.92 Å². The normalized spacial score (nSPS) is 22.0. The third-order valence-electron chi connectivity index (χ3n) is 1.87. The largest absolute Gasteiger partial charge is 0.455 e. The molecule has 0 aromatic carbocycles. The number of esters is 1. The monoisotopic (exact) mass is 168 g/mol. The number of hydrogen-bond donors (Lipinski definition) is 0. The lowest BCUT2D eigenvalue weighted by Gasteiger charge is -2.09. The molecular formula is C9H12O3. The van der Waals surface area contributed by atoms with Gasteiger partial charge >= 0.3 is 5.97 Å². The summed E-state index contributed by atoms with van der Waals surface area (Å²) in [6.07, 6.45) is 2.40. The maximum Gasteiger partial charge on any atom is 0.331 e. The van der Waals surface area contributed by atoms with Crippen molar-refractivity contribution in [2.45, 2.75) is 32.8 Å². The molecule has 1 aliphatic rings. The molecule has 66 valence electrons. The molecule has 3 nitrogen and oxygen atoms in total. The second-order valence-corrected chi connectivity index (χ2v) is 3.05. The van der Waals surface area contributed by atoms with Gasteiger partial charge in [0.05, 0.1) is 0 Å². The van der Waals surface area contributed by atoms with Crippen molar-refractivity contribution in [1.82, 2.24) is 0 Å². The number of carbonyl (C=O) groups excluding carboxylic acids is 2. The summed E-state index contributed by atoms with van der Waals surface area (Å²) in [5.41, 5.74) is 0.918. The predicted molar refractivity (Wildman–Crippen MR) is 43.6 cm³/mol. The molecule has 0 aromatic heterocycles. The smallest absolute Gasteiger partial charge is 0.331 e. The highest BCUT2D eigenvalue weighted by Crippen LogP contribution is 2.19. The fourth-order valence-electron chi connectivity index (χ4n) is 1.17. The van der Waals surface area contributed by atoms with Crippen LogP contribution in [0.5, 0.6) is 0 Å². The molecule has 1 atom stereocenters. The van der Waals surface area contributed by atoms with Crippen LogP contribution in [-0.2, 0) is 14.3 Å². The average molecular weight is 168 g/mol. The molecule has 0 N–H and O–H groups in total. The number of ketones is 1. The minimum Gasteiger partial charge on any atom is -0.455 e. The van der Waals surface area contributed by atoms with Crippen molar-refractivity contribution in [3.05, 3.63) is 11.6 Å². The van der Waals surface area contributed by atoms with Gasteiger partial charge < -0.3 is 9.53 Å². The Labute approximate surface area is 71.4 Å². The summed E-state index contributed by atoms with van der Waals surface area (Å²) in [7, 11) is 0. The van der Waals surface area contributed by atoms with Crippen molar-refractivity contribution in [3.63, 3.8) is 0 Å². The fraction of sp³-hybridized carbons (Fsp3) is 0.556. The first-order chi connectivity index (χ1) is 5.59. The Morgan fingerprint density at radius 1 is 1.67 bits per heavy atom. The van der Waals surface area contributed by atoms with E-state index in [0.717, 1.165) is 5.57 Å². The molecule has 0 aromatic rings. The van der Waals surface area contributed by atoms with Crippen LogP contribution < -0.4 is 0 Å². The van der Waals surface area contributed by atoms with Crippen LogP contribution in [0.2, 0.25) is 0 Å². The van der Waals surface area contributed by atoms with Crippen LogP contribution in [0.15, 0.2) is 11.6 Å². The van der Waals surface area contributed by atoms with Gasteiger partial charge in [0.2, 0.25) is 0 Å². The van der Waals surface area contributed by atoms with Crippen molar-refractivity contribution in [3.8, 4) is 0 Å². The first-order valence-electron chi connectivity index (χ1n) is 3.98. The average Bonchev–Trinajstić information content (AvgIpc) is 2.26. The number of ether oxygens (including phenoxy) is 1. The second-order valence-electron chi connectivity index (χ2n) is 3.05. The fourth-order valence-corrected chi connectivity index (χ4v) is 1.17. The molecule has 1 unspecified atom stereocenters. The zero-order valence-corrected chi connectivity index (χ0v) is 7.29. The van der Waals surface area contributed by atoms with Gasteiger partial charge in [-0.1, -0.05) is 0 Å². The van der Waals surface area contributed by atoms with Gasteiger partial charge in [-0.15, -0.1) is 0 Å². The Hall–Kier alpha value is -1.12. The highest BCUT2D eigenvalue weighted by atomic mass is 16.5. The molecule has 1 rings (SSSR count). The highest BCUT2D eigenvalue weighted by molar-refractivity contribution is 5.85. The molecule has 0 radical (unpaired) electrons. The summed E-state index contributed by atoms with van der Waals surface area (Å²) in [6, 6.07) is 0. The number of Topliss-reactive ketones (excluding diaryl/α,β-unsaturated/α-hetero) is 1. The molecule has 1 aliphatic heterocycles. The first-order valence-corrected chi connectivity index (χ1v) is 3.98. The Morgan fingerprint density at radius 2 is 2.33 bits per heavy atom. The molecule has 0 saturated carbocycles. The minimum atomic E-state index is -0.291. The van der Waals surface area contributed by atoms with Gasteiger partial charge in [-0.05, 0) is 25.8 Å². The molecule has 0 spiro atoms. The van der Waals surface area contributed by atoms with Crippen LogP contribution in [0, 0.1) is 0 Å². The number of cyclic esters (lactones) is 1. The van der Waals surface area contributed by atoms with Crippen LogP contribution in [0.25, 0.3) is 0 Å². The van der Waals surface area contributed by atoms with Crippen LogP contribution in [0.4, 0.5) is 0 Å². The summed E-state index contributed by atoms with van der Waals surface area (Å²) in [5, 5.41) is 0. The molecule has 0 fully saturated rings. The van der Waals surface area contributed by atoms with Crippen molar-refractivity contribution in [2.24, 2.45) is 0 Å². The molecule has 0 amide bonds. The first kappa shape index (κ1) is 8.97. The summed E-state index contributed by atoms with van der Waals surface area (Å²) in [5.74, 6) is -0.160. The lowest BCUT2D eigenvalue weighted by Crippen LogP contribution is -2.11. The summed E-state index contributed by atoms with van der Waals surface area (Å²) >= 11 is 0. The Kier molecular flexibility index (Phi) is 2.63. The quantitative estimate of drug-likeness (QED) is 0.595. The topological polar surface area (TPSA) is 43.4 Å². The lowest BCUT2D eigenvalue weighted by molar-refractivity contribution is -0.139. The summed E-state index contributed by atoms with van der Waals surface area (Å²) in [6.45, 7) is 3.38. The molecule has 0 aliphatic carbocycles. The van der Waals surface area contributed by atoms with Crippen molar-refractivity contribution in [1.29, 1.82) is 0 Å². The van der Waals surface area contributed by atoms with Crippen LogP contribution >= 0.6 is 0 Å². The van der Waals surface area contributed by atoms with Crippen LogP contribution in [0.3, 0.4) is 0 Å². The number of hydrogen-bond acceptors (Lipinski definition) is 3. The lowest BCUT2D eigenvalue weighted by atomic mass is 10.1. The zero-order chi connectivity index (χ0) is 9.14. The van der Waals surface area contributed by atoms with Crippen LogP contribution in [0.1, 0.15) is 26.7 Å². The van der Waals surface area contributed by atoms with E-state index in [2.05, 4.69) is 0 Å². The van der Waals surface area contributed by atoms with Gasteiger partial charge in [0.1, 0.15) is 11.9 Å². The van der Waals surface area contributed by atoms with E-state index in [0.29, 0.717) is 12.8 Å². The third kappa shape index (κ3) is 2.19. The van der Waals surface area contributed by atoms with E-state index >= 15 is 0 Å². The third-order valence-corrected chi connectivity index (χ3v) is 1.87. The van der Waals surface area contributed by atoms with Gasteiger partial charge in [0.15, 0.2) is 0 Å². The molecule has 0 bridgehead atoms. The second kappa shape index (κ2) is 3.52. The maximum atomic E-state index is 10.7. The highest BCUT2D eigenvalue weighted by Gasteiger charge is 2.22. The standard InChI is InChI=1S/C9H12O3/c1-6-5-9(11)12-8(6)4-3-7(2)10/h5,8H,3-4H2,1-2H3. The van der Waals surface area contributed by atoms with Gasteiger partial charge in [-0.3, -0.25) is 0 Å². The van der Waals surface area contributed by atoms with Crippen molar-refractivity contribution >= 4 is 11.8 Å². The Morgan fingerprint density at radius 3 is 2.75 bits per heavy atom. The summed E-state index contributed by atoms with van der Waals surface area (Å²) in [4.78, 5) is 21.4. The minimum absolute atomic E-state index is 0.130. The molecule has 0 saturated heterocycles. The Balaban J connectivity index is 2.40. The number of rotatable bonds is 3. The van der Waals surface area contributed by atoms with E-state index < -0.39 is 0 Å². The van der Waals surface area contributed by atoms with Crippen LogP contribution in [-0.4, -0.2) is 17.9 Å². The van der Waals surface area contributed by atoms with E-state index in [1.54, 1.807) is 0 Å². The van der Waals surface area contributed by atoms with Gasteiger partial charge in [0, 0.05) is 12.5 Å². The van der Waals surface area contributed by atoms with Gasteiger partial charge in [0.25, 0.3) is 0 Å². The molecule has 3 heteroatoms. The zero-order valence-electron chi connectivity index (χ0n) is 7.29.